The van der Waals surface area contributed by atoms with Crippen LogP contribution < -0.4 is 0 Å². The fourth-order valence-corrected chi connectivity index (χ4v) is 3.52. The molecule has 0 bridgehead atoms. The lowest BCUT2D eigenvalue weighted by molar-refractivity contribution is -0.147. The van der Waals surface area contributed by atoms with E-state index in [-0.39, 0.29) is 0 Å². The van der Waals surface area contributed by atoms with E-state index in [9.17, 15) is 4.79 Å². The number of ketones is 1. The maximum absolute atomic E-state index is 12.8. The molecule has 0 spiro atoms. The minimum Gasteiger partial charge on any atom is -0.367 e. The third-order valence-electron chi connectivity index (χ3n) is 4.37. The van der Waals surface area contributed by atoms with Gasteiger partial charge in [-0.3, -0.25) is 4.79 Å². The molecule has 0 aromatic rings. The van der Waals surface area contributed by atoms with Gasteiger partial charge in [-0.1, -0.05) is 19.4 Å². The summed E-state index contributed by atoms with van der Waals surface area (Å²) in [5.41, 5.74) is 0.555. The smallest absolute Gasteiger partial charge is 0.190 e. The Kier molecular flexibility index (Phi) is 4.60. The van der Waals surface area contributed by atoms with E-state index in [0.717, 1.165) is 44.1 Å². The maximum Gasteiger partial charge on any atom is 0.190 e. The average molecular weight is 250 g/mol. The first kappa shape index (κ1) is 13.8. The highest BCUT2D eigenvalue weighted by Gasteiger charge is 2.43. The van der Waals surface area contributed by atoms with E-state index in [1.54, 1.807) is 0 Å². The largest absolute Gasteiger partial charge is 0.367 e. The van der Waals surface area contributed by atoms with E-state index in [1.165, 1.54) is 12.8 Å². The summed E-state index contributed by atoms with van der Waals surface area (Å²) in [5, 5.41) is 0. The molecule has 1 fully saturated rings. The molecule has 2 heteroatoms. The molecular formula is C16H26O2. The minimum absolute atomic E-state index is 0.301. The molecule has 0 aromatic heterocycles. The topological polar surface area (TPSA) is 26.3 Å². The maximum atomic E-state index is 12.8. The molecule has 2 unspecified atom stereocenters. The van der Waals surface area contributed by atoms with Crippen LogP contribution in [0.2, 0.25) is 0 Å². The van der Waals surface area contributed by atoms with Crippen molar-refractivity contribution in [3.05, 3.63) is 11.6 Å². The van der Waals surface area contributed by atoms with Crippen molar-refractivity contribution in [1.82, 2.24) is 0 Å². The zero-order valence-electron chi connectivity index (χ0n) is 11.8. The quantitative estimate of drug-likeness (QED) is 0.752. The Labute approximate surface area is 111 Å². The number of carbonyl (C=O) groups is 1. The first-order chi connectivity index (χ1) is 8.68. The van der Waals surface area contributed by atoms with Gasteiger partial charge in [-0.05, 0) is 63.4 Å². The highest BCUT2D eigenvalue weighted by Crippen LogP contribution is 2.38. The molecule has 2 rings (SSSR count). The van der Waals surface area contributed by atoms with Gasteiger partial charge >= 0.3 is 0 Å². The lowest BCUT2D eigenvalue weighted by Crippen LogP contribution is -2.46. The van der Waals surface area contributed by atoms with Crippen LogP contribution in [0, 0.1) is 5.92 Å². The Morgan fingerprint density at radius 2 is 2.28 bits per heavy atom. The Balaban J connectivity index is 2.17. The summed E-state index contributed by atoms with van der Waals surface area (Å²) in [5.74, 6) is 0.911. The highest BCUT2D eigenvalue weighted by molar-refractivity contribution is 6.02. The lowest BCUT2D eigenvalue weighted by atomic mass is 9.73. The third kappa shape index (κ3) is 2.85. The summed E-state index contributed by atoms with van der Waals surface area (Å²) < 4.78 is 5.97. The molecule has 2 aliphatic carbocycles. The van der Waals surface area contributed by atoms with Gasteiger partial charge < -0.3 is 4.74 Å². The third-order valence-corrected chi connectivity index (χ3v) is 4.37. The van der Waals surface area contributed by atoms with Crippen molar-refractivity contribution < 1.29 is 9.53 Å². The molecule has 0 radical (unpaired) electrons. The minimum atomic E-state index is -0.490. The molecule has 2 aliphatic rings. The van der Waals surface area contributed by atoms with Gasteiger partial charge in [0.15, 0.2) is 5.78 Å². The number of Topliss-reactive ketones (excluding diaryl/α,β-unsaturated/α-hetero) is 1. The van der Waals surface area contributed by atoms with Gasteiger partial charge in [0.1, 0.15) is 5.60 Å². The second-order valence-electron chi connectivity index (χ2n) is 5.93. The summed E-state index contributed by atoms with van der Waals surface area (Å²) >= 11 is 0. The molecule has 0 amide bonds. The molecular weight excluding hydrogens is 224 g/mol. The van der Waals surface area contributed by atoms with Gasteiger partial charge in [-0.2, -0.15) is 0 Å². The number of allylic oxidation sites excluding steroid dienone is 1. The van der Waals surface area contributed by atoms with Crippen molar-refractivity contribution in [3.8, 4) is 0 Å². The molecule has 102 valence electrons. The van der Waals surface area contributed by atoms with Crippen molar-refractivity contribution in [2.24, 2.45) is 5.92 Å². The molecule has 0 aromatic carbocycles. The number of hydrogen-bond acceptors (Lipinski definition) is 2. The average Bonchev–Trinajstić information content (AvgIpc) is 2.39. The van der Waals surface area contributed by atoms with Crippen molar-refractivity contribution in [2.75, 3.05) is 6.61 Å². The van der Waals surface area contributed by atoms with Gasteiger partial charge in [0, 0.05) is 6.61 Å². The number of rotatable bonds is 4. The fourth-order valence-electron chi connectivity index (χ4n) is 3.52. The molecule has 2 atom stereocenters. The van der Waals surface area contributed by atoms with E-state index in [2.05, 4.69) is 13.0 Å². The molecule has 0 heterocycles. The van der Waals surface area contributed by atoms with Crippen LogP contribution in [0.1, 0.15) is 65.2 Å². The molecule has 18 heavy (non-hydrogen) atoms. The molecule has 0 aliphatic heterocycles. The second kappa shape index (κ2) is 6.01. The van der Waals surface area contributed by atoms with Crippen molar-refractivity contribution >= 4 is 5.78 Å². The second-order valence-corrected chi connectivity index (χ2v) is 5.93. The normalized spacial score (nSPS) is 33.0. The van der Waals surface area contributed by atoms with Gasteiger partial charge in [-0.25, -0.2) is 0 Å². The summed E-state index contributed by atoms with van der Waals surface area (Å²) in [7, 11) is 0. The van der Waals surface area contributed by atoms with E-state index in [0.29, 0.717) is 18.3 Å². The Morgan fingerprint density at radius 1 is 1.44 bits per heavy atom. The molecule has 2 nitrogen and oxygen atoms in total. The summed E-state index contributed by atoms with van der Waals surface area (Å²) in [6, 6.07) is 0. The van der Waals surface area contributed by atoms with Crippen LogP contribution in [-0.4, -0.2) is 18.0 Å². The molecule has 1 saturated carbocycles. The standard InChI is InChI=1S/C16H26O2/c1-3-18-16(11-7-8-13(2)12-16)15(17)14-9-5-4-6-10-14/h9,13H,3-8,10-12H2,1-2H3. The van der Waals surface area contributed by atoms with E-state index < -0.39 is 5.60 Å². The number of carbonyl (C=O) groups excluding carboxylic acids is 1. The van der Waals surface area contributed by atoms with Gasteiger partial charge in [0.25, 0.3) is 0 Å². The van der Waals surface area contributed by atoms with Crippen molar-refractivity contribution in [3.63, 3.8) is 0 Å². The predicted octanol–water partition coefficient (Wildman–Crippen LogP) is 4.04. The van der Waals surface area contributed by atoms with Crippen LogP contribution >= 0.6 is 0 Å². The lowest BCUT2D eigenvalue weighted by Gasteiger charge is -2.39. The Morgan fingerprint density at radius 3 is 2.89 bits per heavy atom. The number of hydrogen-bond donors (Lipinski definition) is 0. The van der Waals surface area contributed by atoms with Crippen molar-refractivity contribution in [1.29, 1.82) is 0 Å². The van der Waals surface area contributed by atoms with E-state index in [1.807, 2.05) is 6.92 Å². The highest BCUT2D eigenvalue weighted by atomic mass is 16.5. The van der Waals surface area contributed by atoms with Gasteiger partial charge in [0.05, 0.1) is 0 Å². The summed E-state index contributed by atoms with van der Waals surface area (Å²) in [4.78, 5) is 12.8. The zero-order valence-corrected chi connectivity index (χ0v) is 11.8. The van der Waals surface area contributed by atoms with Gasteiger partial charge in [0.2, 0.25) is 0 Å². The fraction of sp³-hybridized carbons (Fsp3) is 0.812. The van der Waals surface area contributed by atoms with Crippen LogP contribution in [-0.2, 0) is 9.53 Å². The Hall–Kier alpha value is -0.630. The zero-order chi connectivity index (χ0) is 13.0. The van der Waals surface area contributed by atoms with Crippen LogP contribution in [0.3, 0.4) is 0 Å². The first-order valence-corrected chi connectivity index (χ1v) is 7.56. The van der Waals surface area contributed by atoms with Crippen LogP contribution in [0.4, 0.5) is 0 Å². The molecule has 0 saturated heterocycles. The SMILES string of the molecule is CCOC1(C(=O)C2=CCCCC2)CCCC(C)C1. The summed E-state index contributed by atoms with van der Waals surface area (Å²) in [6.07, 6.45) is 10.8. The van der Waals surface area contributed by atoms with E-state index >= 15 is 0 Å². The van der Waals surface area contributed by atoms with Crippen LogP contribution in [0.5, 0.6) is 0 Å². The van der Waals surface area contributed by atoms with Crippen molar-refractivity contribution in [2.45, 2.75) is 70.8 Å². The molecule has 0 N–H and O–H groups in total. The Bertz CT molecular complexity index is 328. The first-order valence-electron chi connectivity index (χ1n) is 7.56. The van der Waals surface area contributed by atoms with Crippen LogP contribution in [0.15, 0.2) is 11.6 Å². The van der Waals surface area contributed by atoms with Gasteiger partial charge in [-0.15, -0.1) is 0 Å². The predicted molar refractivity (Wildman–Crippen MR) is 73.5 cm³/mol. The summed E-state index contributed by atoms with van der Waals surface area (Å²) in [6.45, 7) is 4.89. The number of ether oxygens (including phenoxy) is 1. The van der Waals surface area contributed by atoms with Crippen LogP contribution in [0.25, 0.3) is 0 Å². The monoisotopic (exact) mass is 250 g/mol. The van der Waals surface area contributed by atoms with E-state index in [4.69, 9.17) is 4.74 Å².